The third-order valence-electron chi connectivity index (χ3n) is 3.36. The lowest BCUT2D eigenvalue weighted by Gasteiger charge is -2.40. The lowest BCUT2D eigenvalue weighted by atomic mass is 9.87. The molecule has 0 aliphatic carbocycles. The van der Waals surface area contributed by atoms with Crippen molar-refractivity contribution in [3.05, 3.63) is 35.9 Å². The van der Waals surface area contributed by atoms with Crippen LogP contribution in [0.4, 0.5) is 0 Å². The minimum atomic E-state index is -0.188. The molecule has 3 rings (SSSR count). The van der Waals surface area contributed by atoms with Crippen LogP contribution in [0, 0.1) is 5.41 Å². The van der Waals surface area contributed by atoms with Gasteiger partial charge in [-0.2, -0.15) is 0 Å². The molecule has 0 amide bonds. The van der Waals surface area contributed by atoms with Crippen molar-refractivity contribution < 1.29 is 9.84 Å². The molecule has 0 radical (unpaired) electrons. The number of imidazole rings is 1. The number of pyridine rings is 1. The van der Waals surface area contributed by atoms with Gasteiger partial charge in [-0.25, -0.2) is 9.97 Å². The summed E-state index contributed by atoms with van der Waals surface area (Å²) >= 11 is 5.90. The van der Waals surface area contributed by atoms with Gasteiger partial charge in [-0.05, 0) is 12.1 Å². The Kier molecular flexibility index (Phi) is 3.26. The van der Waals surface area contributed by atoms with Crippen LogP contribution >= 0.6 is 11.6 Å². The van der Waals surface area contributed by atoms with E-state index in [-0.39, 0.29) is 12.0 Å². The van der Waals surface area contributed by atoms with Gasteiger partial charge in [-0.3, -0.25) is 0 Å². The molecule has 1 saturated heterocycles. The summed E-state index contributed by atoms with van der Waals surface area (Å²) in [4.78, 5) is 8.32. The Balaban J connectivity index is 1.90. The number of aliphatic hydroxyl groups excluding tert-OH is 1. The second-order valence-corrected chi connectivity index (χ2v) is 5.28. The fourth-order valence-corrected chi connectivity index (χ4v) is 2.40. The van der Waals surface area contributed by atoms with Gasteiger partial charge in [0.15, 0.2) is 0 Å². The largest absolute Gasteiger partial charge is 0.396 e. The second kappa shape index (κ2) is 4.92. The summed E-state index contributed by atoms with van der Waals surface area (Å²) in [5, 5.41) is 9.94. The van der Waals surface area contributed by atoms with E-state index in [1.807, 2.05) is 16.8 Å². The van der Waals surface area contributed by atoms with Gasteiger partial charge in [0.2, 0.25) is 0 Å². The van der Waals surface area contributed by atoms with Crippen LogP contribution in [0.1, 0.15) is 0 Å². The lowest BCUT2D eigenvalue weighted by molar-refractivity contribution is -0.144. The normalized spacial score (nSPS) is 17.2. The molecule has 0 spiro atoms. The van der Waals surface area contributed by atoms with E-state index in [0.29, 0.717) is 24.9 Å². The molecule has 3 heterocycles. The number of halogens is 1. The van der Waals surface area contributed by atoms with Crippen LogP contribution in [0.25, 0.3) is 11.4 Å². The molecule has 1 fully saturated rings. The van der Waals surface area contributed by atoms with E-state index in [1.165, 1.54) is 0 Å². The first-order valence-electron chi connectivity index (χ1n) is 6.04. The predicted octanol–water partition coefficient (Wildman–Crippen LogP) is 1.61. The lowest BCUT2D eigenvalue weighted by Crippen LogP contribution is -2.48. The molecule has 1 N–H and O–H groups in total. The van der Waals surface area contributed by atoms with Crippen LogP contribution in [0.2, 0.25) is 5.15 Å². The summed E-state index contributed by atoms with van der Waals surface area (Å²) in [6.45, 7) is 1.96. The monoisotopic (exact) mass is 279 g/mol. The number of aromatic nitrogens is 3. The molecule has 0 unspecified atom stereocenters. The van der Waals surface area contributed by atoms with Gasteiger partial charge >= 0.3 is 0 Å². The zero-order valence-electron chi connectivity index (χ0n) is 10.3. The summed E-state index contributed by atoms with van der Waals surface area (Å²) in [7, 11) is 0. The number of hydrogen-bond acceptors (Lipinski definition) is 4. The smallest absolute Gasteiger partial charge is 0.140 e. The molecular formula is C13H14ClN3O2. The maximum absolute atomic E-state index is 9.50. The molecule has 19 heavy (non-hydrogen) atoms. The molecule has 0 bridgehead atoms. The molecule has 2 aromatic rings. The van der Waals surface area contributed by atoms with Gasteiger partial charge in [-0.1, -0.05) is 11.6 Å². The van der Waals surface area contributed by atoms with Gasteiger partial charge in [0.05, 0.1) is 25.2 Å². The maximum atomic E-state index is 9.50. The number of hydrogen-bond donors (Lipinski definition) is 1. The van der Waals surface area contributed by atoms with E-state index >= 15 is 0 Å². The van der Waals surface area contributed by atoms with E-state index in [4.69, 9.17) is 16.3 Å². The first kappa shape index (κ1) is 12.6. The second-order valence-electron chi connectivity index (χ2n) is 4.90. The molecule has 5 nitrogen and oxygen atoms in total. The van der Waals surface area contributed by atoms with Crippen LogP contribution < -0.4 is 0 Å². The molecule has 1 aliphatic rings. The highest BCUT2D eigenvalue weighted by molar-refractivity contribution is 6.29. The molecular weight excluding hydrogens is 266 g/mol. The first-order chi connectivity index (χ1) is 9.22. The van der Waals surface area contributed by atoms with Crippen LogP contribution in [0.3, 0.4) is 0 Å². The van der Waals surface area contributed by atoms with Crippen LogP contribution in [-0.2, 0) is 11.3 Å². The number of ether oxygens (including phenoxy) is 1. The SMILES string of the molecule is OCC1(Cn2ccnc2-c2ccnc(Cl)c2)COC1. The summed E-state index contributed by atoms with van der Waals surface area (Å²) in [6.07, 6.45) is 5.30. The molecule has 2 aromatic heterocycles. The quantitative estimate of drug-likeness (QED) is 0.864. The maximum Gasteiger partial charge on any atom is 0.140 e. The van der Waals surface area contributed by atoms with E-state index in [9.17, 15) is 5.11 Å². The fraction of sp³-hybridized carbons (Fsp3) is 0.385. The van der Waals surface area contributed by atoms with Gasteiger partial charge in [0, 0.05) is 30.7 Å². The molecule has 0 aromatic carbocycles. The van der Waals surface area contributed by atoms with E-state index in [0.717, 1.165) is 11.4 Å². The first-order valence-corrected chi connectivity index (χ1v) is 6.42. The molecule has 0 saturated carbocycles. The molecule has 0 atom stereocenters. The van der Waals surface area contributed by atoms with Crippen molar-refractivity contribution in [3.8, 4) is 11.4 Å². The third-order valence-corrected chi connectivity index (χ3v) is 3.56. The zero-order chi connectivity index (χ0) is 13.3. The number of rotatable bonds is 4. The van der Waals surface area contributed by atoms with Crippen molar-refractivity contribution in [2.24, 2.45) is 5.41 Å². The van der Waals surface area contributed by atoms with E-state index in [1.54, 1.807) is 18.5 Å². The Morgan fingerprint density at radius 1 is 1.37 bits per heavy atom. The Labute approximate surface area is 115 Å². The Morgan fingerprint density at radius 3 is 2.84 bits per heavy atom. The minimum Gasteiger partial charge on any atom is -0.396 e. The molecule has 6 heteroatoms. The highest BCUT2D eigenvalue weighted by Gasteiger charge is 2.38. The van der Waals surface area contributed by atoms with Crippen molar-refractivity contribution in [2.75, 3.05) is 19.8 Å². The van der Waals surface area contributed by atoms with Crippen molar-refractivity contribution in [1.82, 2.24) is 14.5 Å². The summed E-state index contributed by atoms with van der Waals surface area (Å²) in [5.74, 6) is 0.823. The number of aliphatic hydroxyl groups is 1. The van der Waals surface area contributed by atoms with Crippen LogP contribution in [-0.4, -0.2) is 39.5 Å². The Morgan fingerprint density at radius 2 is 2.21 bits per heavy atom. The zero-order valence-corrected chi connectivity index (χ0v) is 11.0. The van der Waals surface area contributed by atoms with Crippen molar-refractivity contribution in [1.29, 1.82) is 0 Å². The molecule has 1 aliphatic heterocycles. The fourth-order valence-electron chi connectivity index (χ4n) is 2.22. The topological polar surface area (TPSA) is 60.2 Å². The third kappa shape index (κ3) is 2.36. The Bertz CT molecular complexity index is 575. The average Bonchev–Trinajstić information content (AvgIpc) is 2.82. The van der Waals surface area contributed by atoms with E-state index in [2.05, 4.69) is 9.97 Å². The Hall–Kier alpha value is -1.43. The number of nitrogens with zero attached hydrogens (tertiary/aromatic N) is 3. The average molecular weight is 280 g/mol. The summed E-state index contributed by atoms with van der Waals surface area (Å²) in [6, 6.07) is 3.65. The summed E-state index contributed by atoms with van der Waals surface area (Å²) < 4.78 is 7.24. The van der Waals surface area contributed by atoms with E-state index < -0.39 is 0 Å². The van der Waals surface area contributed by atoms with Crippen molar-refractivity contribution in [2.45, 2.75) is 6.54 Å². The van der Waals surface area contributed by atoms with Gasteiger partial charge in [0.25, 0.3) is 0 Å². The van der Waals surface area contributed by atoms with Crippen molar-refractivity contribution >= 4 is 11.6 Å². The van der Waals surface area contributed by atoms with Gasteiger partial charge in [-0.15, -0.1) is 0 Å². The van der Waals surface area contributed by atoms with Gasteiger partial charge < -0.3 is 14.4 Å². The predicted molar refractivity (Wildman–Crippen MR) is 70.8 cm³/mol. The standard InChI is InChI=1S/C13H14ClN3O2/c14-11-5-10(1-2-15-11)12-16-3-4-17(12)6-13(7-18)8-19-9-13/h1-5,18H,6-9H2. The summed E-state index contributed by atoms with van der Waals surface area (Å²) in [5.41, 5.74) is 0.727. The minimum absolute atomic E-state index is 0.113. The van der Waals surface area contributed by atoms with Crippen molar-refractivity contribution in [3.63, 3.8) is 0 Å². The van der Waals surface area contributed by atoms with Gasteiger partial charge in [0.1, 0.15) is 11.0 Å². The highest BCUT2D eigenvalue weighted by atomic mass is 35.5. The van der Waals surface area contributed by atoms with Crippen LogP contribution in [0.5, 0.6) is 0 Å². The highest BCUT2D eigenvalue weighted by Crippen LogP contribution is 2.31. The van der Waals surface area contributed by atoms with Crippen LogP contribution in [0.15, 0.2) is 30.7 Å². The molecule has 100 valence electrons.